The van der Waals surface area contributed by atoms with Gasteiger partial charge in [0.15, 0.2) is 46.0 Å². The van der Waals surface area contributed by atoms with Crippen molar-refractivity contribution in [2.24, 2.45) is 0 Å². The zero-order chi connectivity index (χ0) is 30.2. The van der Waals surface area contributed by atoms with Crippen molar-refractivity contribution in [1.82, 2.24) is 19.9 Å². The lowest BCUT2D eigenvalue weighted by molar-refractivity contribution is 0.965. The van der Waals surface area contributed by atoms with Crippen LogP contribution in [0.15, 0.2) is 97.1 Å². The van der Waals surface area contributed by atoms with Crippen LogP contribution >= 0.6 is 0 Å². The summed E-state index contributed by atoms with van der Waals surface area (Å²) in [5, 5.41) is 41.5. The minimum absolute atomic E-state index is 0.163. The fourth-order valence-corrected chi connectivity index (χ4v) is 5.28. The van der Waals surface area contributed by atoms with Gasteiger partial charge >= 0.3 is 0 Å². The first-order chi connectivity index (χ1) is 21.6. The lowest BCUT2D eigenvalue weighted by Gasteiger charge is -2.36. The molecule has 44 heavy (non-hydrogen) atoms. The molecule has 10 heteroatoms. The van der Waals surface area contributed by atoms with Gasteiger partial charge in [0.25, 0.3) is 0 Å². The van der Waals surface area contributed by atoms with E-state index in [1.807, 2.05) is 84.9 Å². The standard InChI is InChI=1S/C34H16N10/c35-17-27-29(19-37)41-33-31(39-27)43(23-9-2-1-3-10-23)32-34(42-30(20-38)28(18-36)40-32)44(33)24-15-13-22(14-16-24)26-12-6-8-21-7-4-5-11-25(21)26/h1-16H. The summed E-state index contributed by atoms with van der Waals surface area (Å²) < 4.78 is 0. The number of fused-ring (bicyclic) bond motifs is 3. The minimum Gasteiger partial charge on any atom is -0.273 e. The number of aromatic nitrogens is 4. The van der Waals surface area contributed by atoms with Crippen molar-refractivity contribution in [3.8, 4) is 35.4 Å². The topological polar surface area (TPSA) is 153 Å². The molecule has 0 N–H and O–H groups in total. The fraction of sp³-hybridized carbons (Fsp3) is 0. The molecular formula is C34H16N10. The number of nitrogens with zero attached hydrogens (tertiary/aromatic N) is 10. The Morgan fingerprint density at radius 1 is 0.432 bits per heavy atom. The number of rotatable bonds is 3. The highest BCUT2D eigenvalue weighted by atomic mass is 15.4. The lowest BCUT2D eigenvalue weighted by Crippen LogP contribution is -2.29. The van der Waals surface area contributed by atoms with Gasteiger partial charge in [0, 0.05) is 11.4 Å². The Balaban J connectivity index is 1.49. The Bertz CT molecular complexity index is 2200. The van der Waals surface area contributed by atoms with E-state index in [1.54, 1.807) is 21.9 Å². The first-order valence-corrected chi connectivity index (χ1v) is 13.3. The van der Waals surface area contributed by atoms with E-state index in [0.29, 0.717) is 11.4 Å². The molecule has 2 aromatic heterocycles. The van der Waals surface area contributed by atoms with Gasteiger partial charge in [-0.3, -0.25) is 9.80 Å². The first kappa shape index (κ1) is 25.8. The Morgan fingerprint density at radius 2 is 0.864 bits per heavy atom. The number of benzene rings is 4. The van der Waals surface area contributed by atoms with Crippen LogP contribution in [-0.2, 0) is 0 Å². The highest BCUT2D eigenvalue weighted by Gasteiger charge is 2.37. The number of anilines is 6. The molecule has 7 rings (SSSR count). The third kappa shape index (κ3) is 4.01. The second-order valence-electron chi connectivity index (χ2n) is 9.66. The molecule has 0 bridgehead atoms. The quantitative estimate of drug-likeness (QED) is 0.223. The maximum absolute atomic E-state index is 9.84. The molecular weight excluding hydrogens is 548 g/mol. The van der Waals surface area contributed by atoms with Crippen molar-refractivity contribution in [1.29, 1.82) is 21.0 Å². The van der Waals surface area contributed by atoms with Crippen LogP contribution in [0.3, 0.4) is 0 Å². The summed E-state index contributed by atoms with van der Waals surface area (Å²) >= 11 is 0. The van der Waals surface area contributed by atoms with Crippen LogP contribution < -0.4 is 9.80 Å². The normalized spacial score (nSPS) is 11.5. The van der Waals surface area contributed by atoms with Crippen LogP contribution in [-0.4, -0.2) is 19.9 Å². The Hall–Kier alpha value is -7.14. The highest BCUT2D eigenvalue weighted by Crippen LogP contribution is 2.51. The van der Waals surface area contributed by atoms with Crippen LogP contribution in [0.2, 0.25) is 0 Å². The van der Waals surface area contributed by atoms with Gasteiger partial charge in [-0.1, -0.05) is 72.8 Å². The summed E-state index contributed by atoms with van der Waals surface area (Å²) in [6.07, 6.45) is 0. The van der Waals surface area contributed by atoms with E-state index in [2.05, 4.69) is 44.2 Å². The molecule has 3 heterocycles. The smallest absolute Gasteiger partial charge is 0.184 e. The van der Waals surface area contributed by atoms with Crippen molar-refractivity contribution < 1.29 is 0 Å². The van der Waals surface area contributed by atoms with E-state index in [4.69, 9.17) is 0 Å². The predicted molar refractivity (Wildman–Crippen MR) is 162 cm³/mol. The first-order valence-electron chi connectivity index (χ1n) is 13.3. The van der Waals surface area contributed by atoms with Gasteiger partial charge in [-0.05, 0) is 46.2 Å². The maximum Gasteiger partial charge on any atom is 0.184 e. The summed E-state index contributed by atoms with van der Waals surface area (Å²) in [4.78, 5) is 21.5. The molecule has 0 saturated heterocycles. The second-order valence-corrected chi connectivity index (χ2v) is 9.66. The Labute approximate surface area is 251 Å². The van der Waals surface area contributed by atoms with Gasteiger partial charge in [-0.15, -0.1) is 0 Å². The van der Waals surface area contributed by atoms with Crippen molar-refractivity contribution in [2.45, 2.75) is 0 Å². The van der Waals surface area contributed by atoms with Crippen LogP contribution in [0.5, 0.6) is 0 Å². The molecule has 0 amide bonds. The molecule has 0 radical (unpaired) electrons. The lowest BCUT2D eigenvalue weighted by atomic mass is 9.98. The highest BCUT2D eigenvalue weighted by molar-refractivity contribution is 5.99. The summed E-state index contributed by atoms with van der Waals surface area (Å²) in [6, 6.07) is 38.9. The van der Waals surface area contributed by atoms with Gasteiger partial charge in [-0.2, -0.15) is 21.0 Å². The van der Waals surface area contributed by atoms with E-state index < -0.39 is 0 Å². The Kier molecular flexibility index (Phi) is 6.07. The molecule has 0 atom stereocenters. The SMILES string of the molecule is N#Cc1nc2c(nc1C#N)N(c1ccc(-c3cccc4ccccc34)cc1)c1nc(C#N)c(C#N)nc1N2c1ccccc1. The minimum atomic E-state index is -0.165. The zero-order valence-electron chi connectivity index (χ0n) is 22.7. The number of hydrogen-bond acceptors (Lipinski definition) is 10. The second kappa shape index (κ2) is 10.4. The number of para-hydroxylation sites is 1. The third-order valence-corrected chi connectivity index (χ3v) is 7.23. The average Bonchev–Trinajstić information content (AvgIpc) is 3.09. The largest absolute Gasteiger partial charge is 0.273 e. The van der Waals surface area contributed by atoms with Crippen LogP contribution in [0.1, 0.15) is 22.8 Å². The predicted octanol–water partition coefficient (Wildman–Crippen LogP) is 6.83. The monoisotopic (exact) mass is 564 g/mol. The van der Waals surface area contributed by atoms with Crippen LogP contribution in [0.25, 0.3) is 21.9 Å². The fourth-order valence-electron chi connectivity index (χ4n) is 5.28. The van der Waals surface area contributed by atoms with E-state index in [1.165, 1.54) is 0 Å². The van der Waals surface area contributed by atoms with Crippen molar-refractivity contribution in [2.75, 3.05) is 9.80 Å². The van der Waals surface area contributed by atoms with Gasteiger partial charge in [0.2, 0.25) is 0 Å². The molecule has 0 unspecified atom stereocenters. The van der Waals surface area contributed by atoms with Gasteiger partial charge in [-0.25, -0.2) is 19.9 Å². The summed E-state index contributed by atoms with van der Waals surface area (Å²) in [5.41, 5.74) is 2.57. The Morgan fingerprint density at radius 3 is 1.36 bits per heavy atom. The number of hydrogen-bond donors (Lipinski definition) is 0. The van der Waals surface area contributed by atoms with Crippen LogP contribution in [0, 0.1) is 45.3 Å². The van der Waals surface area contributed by atoms with E-state index in [-0.39, 0.29) is 46.0 Å². The zero-order valence-corrected chi connectivity index (χ0v) is 22.7. The molecule has 0 spiro atoms. The molecule has 10 nitrogen and oxygen atoms in total. The van der Waals surface area contributed by atoms with Gasteiger partial charge in [0.05, 0.1) is 0 Å². The molecule has 0 aliphatic carbocycles. The van der Waals surface area contributed by atoms with Crippen molar-refractivity contribution >= 4 is 45.4 Å². The molecule has 0 saturated carbocycles. The summed E-state index contributed by atoms with van der Waals surface area (Å²) in [7, 11) is 0. The summed E-state index contributed by atoms with van der Waals surface area (Å²) in [5.74, 6) is 0.830. The van der Waals surface area contributed by atoms with E-state index in [9.17, 15) is 21.0 Å². The van der Waals surface area contributed by atoms with E-state index >= 15 is 0 Å². The number of nitriles is 4. The molecule has 4 aromatic carbocycles. The molecule has 1 aliphatic rings. The van der Waals surface area contributed by atoms with Crippen LogP contribution in [0.4, 0.5) is 34.6 Å². The molecule has 202 valence electrons. The molecule has 6 aromatic rings. The summed E-state index contributed by atoms with van der Waals surface area (Å²) in [6.45, 7) is 0. The van der Waals surface area contributed by atoms with Gasteiger partial charge in [0.1, 0.15) is 24.3 Å². The van der Waals surface area contributed by atoms with E-state index in [0.717, 1.165) is 21.9 Å². The van der Waals surface area contributed by atoms with Crippen molar-refractivity contribution in [3.05, 3.63) is 120 Å². The molecule has 1 aliphatic heterocycles. The molecule has 0 fully saturated rings. The maximum atomic E-state index is 9.84. The van der Waals surface area contributed by atoms with Crippen molar-refractivity contribution in [3.63, 3.8) is 0 Å². The van der Waals surface area contributed by atoms with Gasteiger partial charge < -0.3 is 0 Å². The third-order valence-electron chi connectivity index (χ3n) is 7.23. The average molecular weight is 565 g/mol.